The van der Waals surface area contributed by atoms with Gasteiger partial charge in [-0.3, -0.25) is 10.1 Å². The Morgan fingerprint density at radius 3 is 2.46 bits per heavy atom. The van der Waals surface area contributed by atoms with E-state index >= 15 is 0 Å². The Morgan fingerprint density at radius 1 is 1.11 bits per heavy atom. The maximum absolute atomic E-state index is 13.2. The zero-order chi connectivity index (χ0) is 25.0. The molecular formula is C24H30F3N5O3. The van der Waals surface area contributed by atoms with Crippen LogP contribution in [0, 0.1) is 10.1 Å². The summed E-state index contributed by atoms with van der Waals surface area (Å²) in [5, 5.41) is 14.1. The van der Waals surface area contributed by atoms with Gasteiger partial charge in [0, 0.05) is 50.0 Å². The summed E-state index contributed by atoms with van der Waals surface area (Å²) in [6.45, 7) is 7.10. The highest BCUT2D eigenvalue weighted by atomic mass is 19.4. The van der Waals surface area contributed by atoms with Gasteiger partial charge in [0.05, 0.1) is 4.92 Å². The Morgan fingerprint density at radius 2 is 1.83 bits per heavy atom. The number of nitrogens with one attached hydrogen (secondary N) is 1. The highest BCUT2D eigenvalue weighted by Crippen LogP contribution is 2.38. The molecule has 0 unspecified atom stereocenters. The molecule has 190 valence electrons. The van der Waals surface area contributed by atoms with Crippen molar-refractivity contribution in [3.05, 3.63) is 52.1 Å². The van der Waals surface area contributed by atoms with Crippen LogP contribution in [0.2, 0.25) is 0 Å². The number of nitro benzene ring substituents is 1. The van der Waals surface area contributed by atoms with Crippen LogP contribution < -0.4 is 15.0 Å². The van der Waals surface area contributed by atoms with Crippen LogP contribution in [0.25, 0.3) is 0 Å². The molecule has 1 saturated heterocycles. The molecule has 11 heteroatoms. The summed E-state index contributed by atoms with van der Waals surface area (Å²) in [5.74, 6) is 1.49. The van der Waals surface area contributed by atoms with Gasteiger partial charge in [-0.15, -0.1) is 0 Å². The lowest BCUT2D eigenvalue weighted by Crippen LogP contribution is -2.46. The molecule has 0 bridgehead atoms. The van der Waals surface area contributed by atoms with E-state index in [0.717, 1.165) is 63.5 Å². The number of hydrogen-bond acceptors (Lipinski definition) is 7. The van der Waals surface area contributed by atoms with Crippen LogP contribution in [-0.4, -0.2) is 59.7 Å². The molecule has 1 saturated carbocycles. The first-order chi connectivity index (χ1) is 16.7. The van der Waals surface area contributed by atoms with Crippen molar-refractivity contribution >= 4 is 17.2 Å². The molecule has 0 atom stereocenters. The fourth-order valence-electron chi connectivity index (χ4n) is 4.68. The zero-order valence-corrected chi connectivity index (χ0v) is 19.6. The van der Waals surface area contributed by atoms with Crippen molar-refractivity contribution in [2.75, 3.05) is 42.9 Å². The summed E-state index contributed by atoms with van der Waals surface area (Å²) in [4.78, 5) is 19.3. The lowest BCUT2D eigenvalue weighted by atomic mass is 9.92. The normalized spacial score (nSPS) is 21.5. The summed E-state index contributed by atoms with van der Waals surface area (Å²) in [6, 6.07) is 8.80. The number of nitrogens with zero attached hydrogens (tertiary/aromatic N) is 4. The number of piperazine rings is 1. The SMILES string of the molecule is CCN1CCN(c2cccc(O[C@H]3CC[C@H](Nc4ccc([N+](=O)[O-])c(C(F)(F)F)c4)CC3)n2)CC1. The van der Waals surface area contributed by atoms with Gasteiger partial charge in [-0.2, -0.15) is 18.2 Å². The Balaban J connectivity index is 1.31. The fraction of sp³-hybridized carbons (Fsp3) is 0.542. The molecule has 1 aliphatic carbocycles. The third-order valence-electron chi connectivity index (χ3n) is 6.68. The summed E-state index contributed by atoms with van der Waals surface area (Å²) >= 11 is 0. The smallest absolute Gasteiger partial charge is 0.423 e. The molecular weight excluding hydrogens is 463 g/mol. The molecule has 1 aliphatic heterocycles. The van der Waals surface area contributed by atoms with Crippen molar-refractivity contribution in [2.24, 2.45) is 0 Å². The van der Waals surface area contributed by atoms with Gasteiger partial charge in [0.2, 0.25) is 5.88 Å². The van der Waals surface area contributed by atoms with E-state index < -0.39 is 22.4 Å². The molecule has 1 aromatic carbocycles. The number of nitro groups is 1. The van der Waals surface area contributed by atoms with Gasteiger partial charge in [-0.1, -0.05) is 13.0 Å². The monoisotopic (exact) mass is 493 g/mol. The van der Waals surface area contributed by atoms with E-state index in [1.54, 1.807) is 0 Å². The van der Waals surface area contributed by atoms with Crippen molar-refractivity contribution in [1.82, 2.24) is 9.88 Å². The van der Waals surface area contributed by atoms with Crippen LogP contribution in [0.5, 0.6) is 5.88 Å². The Bertz CT molecular complexity index is 1020. The van der Waals surface area contributed by atoms with Crippen LogP contribution in [0.1, 0.15) is 38.2 Å². The van der Waals surface area contributed by atoms with Gasteiger partial charge in [0.1, 0.15) is 17.5 Å². The third-order valence-corrected chi connectivity index (χ3v) is 6.68. The van der Waals surface area contributed by atoms with E-state index in [4.69, 9.17) is 9.72 Å². The van der Waals surface area contributed by atoms with Crippen molar-refractivity contribution in [1.29, 1.82) is 0 Å². The number of rotatable bonds is 7. The fourth-order valence-corrected chi connectivity index (χ4v) is 4.68. The predicted octanol–water partition coefficient (Wildman–Crippen LogP) is 4.95. The van der Waals surface area contributed by atoms with Gasteiger partial charge >= 0.3 is 6.18 Å². The van der Waals surface area contributed by atoms with Crippen molar-refractivity contribution in [3.63, 3.8) is 0 Å². The molecule has 2 aliphatic rings. The maximum Gasteiger partial charge on any atom is 0.423 e. The van der Waals surface area contributed by atoms with Gasteiger partial charge in [0.15, 0.2) is 0 Å². The highest BCUT2D eigenvalue weighted by molar-refractivity contribution is 5.55. The average molecular weight is 494 g/mol. The first-order valence-corrected chi connectivity index (χ1v) is 12.0. The number of ether oxygens (including phenoxy) is 1. The number of benzene rings is 1. The maximum atomic E-state index is 13.2. The number of halogens is 3. The first-order valence-electron chi connectivity index (χ1n) is 12.0. The van der Waals surface area contributed by atoms with Crippen molar-refractivity contribution in [2.45, 2.75) is 50.9 Å². The minimum absolute atomic E-state index is 0.0182. The van der Waals surface area contributed by atoms with Gasteiger partial charge in [-0.05, 0) is 50.4 Å². The molecule has 1 N–H and O–H groups in total. The second kappa shape index (κ2) is 10.7. The van der Waals surface area contributed by atoms with E-state index in [9.17, 15) is 23.3 Å². The van der Waals surface area contributed by atoms with E-state index in [1.807, 2.05) is 18.2 Å². The van der Waals surface area contributed by atoms with Crippen LogP contribution in [0.3, 0.4) is 0 Å². The number of likely N-dealkylation sites (N-methyl/N-ethyl adjacent to an activating group) is 1. The molecule has 1 aromatic heterocycles. The number of anilines is 2. The largest absolute Gasteiger partial charge is 0.474 e. The lowest BCUT2D eigenvalue weighted by Gasteiger charge is -2.35. The molecule has 0 radical (unpaired) electrons. The lowest BCUT2D eigenvalue weighted by molar-refractivity contribution is -0.388. The molecule has 0 amide bonds. The molecule has 35 heavy (non-hydrogen) atoms. The predicted molar refractivity (Wildman–Crippen MR) is 127 cm³/mol. The van der Waals surface area contributed by atoms with Crippen LogP contribution >= 0.6 is 0 Å². The molecule has 2 heterocycles. The highest BCUT2D eigenvalue weighted by Gasteiger charge is 2.38. The van der Waals surface area contributed by atoms with Crippen LogP contribution in [0.4, 0.5) is 30.4 Å². The Labute approximate surface area is 202 Å². The van der Waals surface area contributed by atoms with E-state index in [2.05, 4.69) is 22.0 Å². The molecule has 8 nitrogen and oxygen atoms in total. The molecule has 0 spiro atoms. The molecule has 2 fully saturated rings. The Kier molecular flexibility index (Phi) is 7.63. The third kappa shape index (κ3) is 6.33. The van der Waals surface area contributed by atoms with E-state index in [-0.39, 0.29) is 17.8 Å². The zero-order valence-electron chi connectivity index (χ0n) is 19.6. The van der Waals surface area contributed by atoms with Crippen molar-refractivity contribution < 1.29 is 22.8 Å². The minimum atomic E-state index is -4.79. The standard InChI is InChI=1S/C24H30F3N5O3/c1-2-30-12-14-31(15-13-30)22-4-3-5-23(29-22)35-19-9-6-17(7-10-19)28-18-8-11-21(32(33)34)20(16-18)24(25,26)27/h3-5,8,11,16-17,19,28H,2,6-7,9-10,12-15H2,1H3/t17-,19-. The summed E-state index contributed by atoms with van der Waals surface area (Å²) in [7, 11) is 0. The van der Waals surface area contributed by atoms with Gasteiger partial charge in [0.25, 0.3) is 5.69 Å². The first kappa shape index (κ1) is 25.0. The van der Waals surface area contributed by atoms with Crippen LogP contribution in [-0.2, 0) is 6.18 Å². The number of pyridine rings is 1. The number of aromatic nitrogens is 1. The van der Waals surface area contributed by atoms with E-state index in [1.165, 1.54) is 6.07 Å². The topological polar surface area (TPSA) is 83.8 Å². The average Bonchev–Trinajstić information content (AvgIpc) is 2.85. The molecule has 4 rings (SSSR count). The van der Waals surface area contributed by atoms with Gasteiger partial charge < -0.3 is 19.9 Å². The van der Waals surface area contributed by atoms with Crippen LogP contribution in [0.15, 0.2) is 36.4 Å². The quantitative estimate of drug-likeness (QED) is 0.432. The minimum Gasteiger partial charge on any atom is -0.474 e. The molecule has 2 aromatic rings. The Hall–Kier alpha value is -3.08. The summed E-state index contributed by atoms with van der Waals surface area (Å²) in [5.41, 5.74) is -1.96. The second-order valence-corrected chi connectivity index (χ2v) is 8.98. The van der Waals surface area contributed by atoms with E-state index in [0.29, 0.717) is 18.7 Å². The number of alkyl halides is 3. The second-order valence-electron chi connectivity index (χ2n) is 8.98. The summed E-state index contributed by atoms with van der Waals surface area (Å²) in [6.07, 6.45) is -1.93. The van der Waals surface area contributed by atoms with Crippen molar-refractivity contribution in [3.8, 4) is 5.88 Å². The summed E-state index contributed by atoms with van der Waals surface area (Å²) < 4.78 is 45.9. The number of hydrogen-bond donors (Lipinski definition) is 1. The van der Waals surface area contributed by atoms with Gasteiger partial charge in [-0.25, -0.2) is 0 Å².